The van der Waals surface area contributed by atoms with E-state index in [4.69, 9.17) is 0 Å². The van der Waals surface area contributed by atoms with Gasteiger partial charge in [-0.2, -0.15) is 0 Å². The number of H-pyrrole nitrogens is 2. The Balaban J connectivity index is 1.54. The van der Waals surface area contributed by atoms with E-state index < -0.39 is 5.25 Å². The molecule has 27 heavy (non-hydrogen) atoms. The van der Waals surface area contributed by atoms with Crippen molar-refractivity contribution < 1.29 is 4.79 Å². The van der Waals surface area contributed by atoms with E-state index in [-0.39, 0.29) is 17.2 Å². The third-order valence-corrected chi connectivity index (χ3v) is 6.12. The van der Waals surface area contributed by atoms with Crippen LogP contribution in [0.4, 0.5) is 5.69 Å². The van der Waals surface area contributed by atoms with Crippen molar-refractivity contribution in [2.75, 3.05) is 5.32 Å². The Morgan fingerprint density at radius 2 is 2.04 bits per heavy atom. The fourth-order valence-electron chi connectivity index (χ4n) is 2.64. The number of thiophene rings is 1. The number of benzene rings is 1. The average molecular weight is 401 g/mol. The van der Waals surface area contributed by atoms with Crippen molar-refractivity contribution in [3.05, 3.63) is 50.5 Å². The molecule has 1 atom stereocenters. The van der Waals surface area contributed by atoms with Crippen LogP contribution in [0.25, 0.3) is 21.3 Å². The molecule has 0 spiro atoms. The maximum Gasteiger partial charge on any atom is 0.323 e. The summed E-state index contributed by atoms with van der Waals surface area (Å²) in [6, 6.07) is 6.92. The van der Waals surface area contributed by atoms with E-state index in [9.17, 15) is 14.4 Å². The number of carbonyl (C=O) groups is 1. The highest BCUT2D eigenvalue weighted by atomic mass is 32.2. The lowest BCUT2D eigenvalue weighted by molar-refractivity contribution is -0.115. The number of anilines is 1. The van der Waals surface area contributed by atoms with Crippen LogP contribution >= 0.6 is 23.1 Å². The Bertz CT molecular complexity index is 1280. The SMILES string of the molecule is CC(Sc1nc2ccsc2c(=O)n1C)C(=O)Nc1ccc2[nH]c(=O)[nH]c2c1. The van der Waals surface area contributed by atoms with Crippen LogP contribution in [0.15, 0.2) is 44.4 Å². The van der Waals surface area contributed by atoms with Crippen LogP contribution in [0, 0.1) is 0 Å². The lowest BCUT2D eigenvalue weighted by Gasteiger charge is -2.13. The van der Waals surface area contributed by atoms with Gasteiger partial charge < -0.3 is 15.3 Å². The monoisotopic (exact) mass is 401 g/mol. The molecule has 4 aromatic rings. The highest BCUT2D eigenvalue weighted by molar-refractivity contribution is 8.00. The van der Waals surface area contributed by atoms with Gasteiger partial charge in [-0.05, 0) is 36.6 Å². The van der Waals surface area contributed by atoms with Crippen LogP contribution in [-0.2, 0) is 11.8 Å². The normalized spacial score (nSPS) is 12.5. The number of rotatable bonds is 4. The summed E-state index contributed by atoms with van der Waals surface area (Å²) in [4.78, 5) is 46.0. The number of aromatic nitrogens is 4. The molecule has 0 bridgehead atoms. The Labute approximate surface area is 160 Å². The topological polar surface area (TPSA) is 113 Å². The summed E-state index contributed by atoms with van der Waals surface area (Å²) in [7, 11) is 1.65. The maximum absolute atomic E-state index is 12.5. The zero-order valence-corrected chi connectivity index (χ0v) is 16.0. The van der Waals surface area contributed by atoms with Gasteiger partial charge in [0.1, 0.15) is 4.70 Å². The first-order valence-electron chi connectivity index (χ1n) is 8.06. The molecule has 0 aliphatic rings. The largest absolute Gasteiger partial charge is 0.325 e. The van der Waals surface area contributed by atoms with Crippen LogP contribution < -0.4 is 16.6 Å². The molecule has 0 saturated heterocycles. The van der Waals surface area contributed by atoms with Crippen LogP contribution in [0.2, 0.25) is 0 Å². The second-order valence-electron chi connectivity index (χ2n) is 5.98. The standard InChI is InChI=1S/C17H15N5O3S2/c1-8(27-17-21-11-5-6-26-13(11)15(24)22(17)2)14(23)18-9-3-4-10-12(7-9)20-16(25)19-10/h3-8H,1-2H3,(H,18,23)(H2,19,20,25). The second-order valence-corrected chi connectivity index (χ2v) is 8.21. The molecule has 3 heterocycles. The van der Waals surface area contributed by atoms with Crippen molar-refractivity contribution in [1.82, 2.24) is 19.5 Å². The fourth-order valence-corrected chi connectivity index (χ4v) is 4.32. The molecule has 8 nitrogen and oxygen atoms in total. The van der Waals surface area contributed by atoms with E-state index in [1.807, 2.05) is 5.38 Å². The molecule has 10 heteroatoms. The van der Waals surface area contributed by atoms with E-state index in [1.165, 1.54) is 27.7 Å². The minimum atomic E-state index is -0.472. The Hall–Kier alpha value is -2.85. The second kappa shape index (κ2) is 6.71. The van der Waals surface area contributed by atoms with Crippen LogP contribution in [-0.4, -0.2) is 30.7 Å². The summed E-state index contributed by atoms with van der Waals surface area (Å²) in [6.45, 7) is 1.75. The van der Waals surface area contributed by atoms with Gasteiger partial charge in [-0.25, -0.2) is 9.78 Å². The van der Waals surface area contributed by atoms with E-state index >= 15 is 0 Å². The predicted molar refractivity (Wildman–Crippen MR) is 108 cm³/mol. The molecule has 1 aromatic carbocycles. The highest BCUT2D eigenvalue weighted by Crippen LogP contribution is 2.24. The van der Waals surface area contributed by atoms with Crippen LogP contribution in [0.1, 0.15) is 6.92 Å². The van der Waals surface area contributed by atoms with Gasteiger partial charge in [-0.3, -0.25) is 14.2 Å². The average Bonchev–Trinajstić information content (AvgIpc) is 3.24. The van der Waals surface area contributed by atoms with E-state index in [0.29, 0.717) is 32.1 Å². The third kappa shape index (κ3) is 3.28. The summed E-state index contributed by atoms with van der Waals surface area (Å²) in [5, 5.41) is 4.66. The number of imidazole rings is 1. The minimum absolute atomic E-state index is 0.119. The summed E-state index contributed by atoms with van der Waals surface area (Å²) < 4.78 is 2.07. The molecule has 4 rings (SSSR count). The molecule has 0 radical (unpaired) electrons. The van der Waals surface area contributed by atoms with Gasteiger partial charge in [0.2, 0.25) is 5.91 Å². The van der Waals surface area contributed by atoms with Crippen LogP contribution in [0.3, 0.4) is 0 Å². The predicted octanol–water partition coefficient (Wildman–Crippen LogP) is 2.28. The van der Waals surface area contributed by atoms with Crippen molar-refractivity contribution in [2.24, 2.45) is 7.05 Å². The number of fused-ring (bicyclic) bond motifs is 2. The fraction of sp³-hybridized carbons (Fsp3) is 0.176. The van der Waals surface area contributed by atoms with Crippen LogP contribution in [0.5, 0.6) is 0 Å². The molecule has 3 N–H and O–H groups in total. The molecule has 0 saturated carbocycles. The lowest BCUT2D eigenvalue weighted by atomic mass is 10.2. The highest BCUT2D eigenvalue weighted by Gasteiger charge is 2.19. The Morgan fingerprint density at radius 3 is 2.85 bits per heavy atom. The van der Waals surface area contributed by atoms with Crippen molar-refractivity contribution in [1.29, 1.82) is 0 Å². The molecule has 0 aliphatic carbocycles. The molecule has 0 fully saturated rings. The first-order chi connectivity index (χ1) is 12.9. The quantitative estimate of drug-likeness (QED) is 0.359. The smallest absolute Gasteiger partial charge is 0.323 e. The lowest BCUT2D eigenvalue weighted by Crippen LogP contribution is -2.25. The third-order valence-electron chi connectivity index (χ3n) is 4.08. The number of nitrogens with zero attached hydrogens (tertiary/aromatic N) is 2. The van der Waals surface area contributed by atoms with Gasteiger partial charge in [-0.1, -0.05) is 11.8 Å². The van der Waals surface area contributed by atoms with E-state index in [0.717, 1.165) is 0 Å². The molecule has 1 amide bonds. The summed E-state index contributed by atoms with van der Waals surface area (Å²) in [5.74, 6) is -0.225. The number of aromatic amines is 2. The maximum atomic E-state index is 12.5. The molecule has 3 aromatic heterocycles. The molecular formula is C17H15N5O3S2. The number of carbonyl (C=O) groups excluding carboxylic acids is 1. The number of amides is 1. The van der Waals surface area contributed by atoms with Gasteiger partial charge >= 0.3 is 5.69 Å². The summed E-state index contributed by atoms with van der Waals surface area (Å²) in [5.41, 5.74) is 2.08. The zero-order chi connectivity index (χ0) is 19.1. The van der Waals surface area contributed by atoms with Gasteiger partial charge in [0.05, 0.1) is 21.8 Å². The van der Waals surface area contributed by atoms with Gasteiger partial charge in [-0.15, -0.1) is 11.3 Å². The molecular weight excluding hydrogens is 386 g/mol. The number of thioether (sulfide) groups is 1. The van der Waals surface area contributed by atoms with Crippen molar-refractivity contribution in [2.45, 2.75) is 17.3 Å². The van der Waals surface area contributed by atoms with Gasteiger partial charge in [0.15, 0.2) is 5.16 Å². The summed E-state index contributed by atoms with van der Waals surface area (Å²) in [6.07, 6.45) is 0. The first-order valence-corrected chi connectivity index (χ1v) is 9.82. The number of hydrogen-bond acceptors (Lipinski definition) is 6. The van der Waals surface area contributed by atoms with Crippen molar-refractivity contribution in [3.63, 3.8) is 0 Å². The van der Waals surface area contributed by atoms with Crippen molar-refractivity contribution >= 4 is 55.9 Å². The van der Waals surface area contributed by atoms with Gasteiger partial charge in [0.25, 0.3) is 5.56 Å². The summed E-state index contributed by atoms with van der Waals surface area (Å²) >= 11 is 2.57. The van der Waals surface area contributed by atoms with E-state index in [2.05, 4.69) is 20.3 Å². The van der Waals surface area contributed by atoms with Crippen molar-refractivity contribution in [3.8, 4) is 0 Å². The Kier molecular flexibility index (Phi) is 4.36. The minimum Gasteiger partial charge on any atom is -0.325 e. The van der Waals surface area contributed by atoms with E-state index in [1.54, 1.807) is 38.2 Å². The molecule has 138 valence electrons. The number of nitrogens with one attached hydrogen (secondary N) is 3. The zero-order valence-electron chi connectivity index (χ0n) is 14.4. The number of hydrogen-bond donors (Lipinski definition) is 3. The molecule has 1 unspecified atom stereocenters. The molecule has 0 aliphatic heterocycles. The van der Waals surface area contributed by atoms with Gasteiger partial charge in [0, 0.05) is 12.7 Å². The first kappa shape index (κ1) is 17.6. The Morgan fingerprint density at radius 1 is 1.26 bits per heavy atom.